The second-order valence-electron chi connectivity index (χ2n) is 32.0. The summed E-state index contributed by atoms with van der Waals surface area (Å²) in [4.78, 5) is 54.8. The Kier molecular flexibility index (Phi) is 21.2. The number of rotatable bonds is 14. The third-order valence-corrected chi connectivity index (χ3v) is 23.7. The van der Waals surface area contributed by atoms with Gasteiger partial charge < -0.3 is 0 Å². The van der Waals surface area contributed by atoms with Gasteiger partial charge in [0.1, 0.15) is 0 Å². The molecule has 0 saturated carbocycles. The van der Waals surface area contributed by atoms with Gasteiger partial charge in [0, 0.05) is 99.7 Å². The van der Waals surface area contributed by atoms with Gasteiger partial charge in [0.05, 0.1) is 73.0 Å². The molecule has 11 heteroatoms. The first-order valence-corrected chi connectivity index (χ1v) is 43.4. The summed E-state index contributed by atoms with van der Waals surface area (Å²) in [7, 11) is 0. The minimum Gasteiger partial charge on any atom is -0.254 e. The van der Waals surface area contributed by atoms with Gasteiger partial charge in [-0.05, 0) is 92.7 Å². The first-order chi connectivity index (χ1) is 64.4. The molecule has 0 unspecified atom stereocenters. The molecule has 24 rings (SSSR count). The Balaban J connectivity index is 0.000000116. The molecule has 11 nitrogen and oxygen atoms in total. The van der Waals surface area contributed by atoms with Crippen LogP contribution in [0.15, 0.2) is 467 Å². The Labute approximate surface area is 751 Å². The van der Waals surface area contributed by atoms with Gasteiger partial charge in [-0.15, -0.1) is 0 Å². The van der Waals surface area contributed by atoms with Crippen LogP contribution in [0.3, 0.4) is 0 Å². The van der Waals surface area contributed by atoms with Gasteiger partial charge in [-0.25, -0.2) is 49.8 Å². The lowest BCUT2D eigenvalue weighted by molar-refractivity contribution is 1.07. The molecule has 0 fully saturated rings. The molecule has 0 atom stereocenters. The van der Waals surface area contributed by atoms with Crippen LogP contribution in [0.1, 0.15) is 0 Å². The van der Waals surface area contributed by atoms with E-state index >= 15 is 0 Å². The highest BCUT2D eigenvalue weighted by Gasteiger charge is 2.20. The van der Waals surface area contributed by atoms with Crippen molar-refractivity contribution in [3.63, 3.8) is 0 Å². The molecule has 0 radical (unpaired) electrons. The lowest BCUT2D eigenvalue weighted by Crippen LogP contribution is -2.00. The molecule has 0 N–H and O–H groups in total. The standard InChI is InChI=1S/C46H30N4.C39H25N5.C34H22N2/c1-4-10-33(11-5-1)40-28-26-37-24-25-38-27-29-41(48-45(38)44(37)47-40)35-20-16-31(17-21-35)32-18-22-36(23-19-32)43-30-42(34-12-6-2-7-13-34)49-46(50-43)39-14-8-3-9-15-39;1-4-11-26(12-5-1)33-25-34(41-36-32(33)23-22-28-17-10-24-40-35(28)36)27-18-20-31(21-19-27)39-43-37(29-13-6-2-7-14-29)42-38(44-39)30-15-8-3-9-16-30;1-2-9-24(10-3-1)31-20-18-25-16-17-26-19-21-32(36-34(26)33(25)35-31)28-13-6-12-27(22-28)30-15-7-11-23-8-4-5-14-29(23)30/h1-30H;1-25H;1-22H. The molecule has 608 valence electrons. The highest BCUT2D eigenvalue weighted by atomic mass is 15.0. The van der Waals surface area contributed by atoms with E-state index in [0.717, 1.165) is 189 Å². The van der Waals surface area contributed by atoms with E-state index in [-0.39, 0.29) is 0 Å². The third kappa shape index (κ3) is 16.2. The van der Waals surface area contributed by atoms with Crippen molar-refractivity contribution >= 4 is 76.2 Å². The lowest BCUT2D eigenvalue weighted by Gasteiger charge is -2.12. The average molecular weight is 1660 g/mol. The van der Waals surface area contributed by atoms with Crippen LogP contribution in [0, 0.1) is 0 Å². The smallest absolute Gasteiger partial charge is 0.164 e. The zero-order valence-corrected chi connectivity index (χ0v) is 70.4. The van der Waals surface area contributed by atoms with Gasteiger partial charge >= 0.3 is 0 Å². The Morgan fingerprint density at radius 2 is 0.415 bits per heavy atom. The molecule has 0 aliphatic rings. The molecule has 0 bridgehead atoms. The number of hydrogen-bond acceptors (Lipinski definition) is 11. The van der Waals surface area contributed by atoms with E-state index < -0.39 is 0 Å². The van der Waals surface area contributed by atoms with Crippen LogP contribution in [-0.4, -0.2) is 54.8 Å². The Morgan fingerprint density at radius 1 is 0.123 bits per heavy atom. The molecule has 0 amide bonds. The molecular weight excluding hydrogens is 1580 g/mol. The predicted octanol–water partition coefficient (Wildman–Crippen LogP) is 29.8. The van der Waals surface area contributed by atoms with Crippen LogP contribution >= 0.6 is 0 Å². The summed E-state index contributed by atoms with van der Waals surface area (Å²) in [6, 6.07) is 159. The summed E-state index contributed by atoms with van der Waals surface area (Å²) in [5, 5.41) is 8.99. The maximum absolute atomic E-state index is 5.17. The third-order valence-electron chi connectivity index (χ3n) is 23.7. The maximum Gasteiger partial charge on any atom is 0.164 e. The van der Waals surface area contributed by atoms with Crippen LogP contribution in [0.2, 0.25) is 0 Å². The van der Waals surface area contributed by atoms with Crippen molar-refractivity contribution in [1.29, 1.82) is 0 Å². The minimum absolute atomic E-state index is 0.621. The number of aromatic nitrogens is 11. The SMILES string of the molecule is c1ccc(-c2cc(-c3ccc(-c4ccc(-c5ccc6ccc7ccc(-c8ccccc8)nc7c6n5)cc4)cc3)nc(-c3ccccc3)n2)cc1.c1ccc(-c2ccc3ccc4ccc(-c5cccc(-c6cccc7ccccc67)c5)nc4c3n2)cc1.c1ccc(-c2nc(-c3ccccc3)nc(-c3ccc(-c4cc(-c5ccccc5)c5ccc6cccnc6c5n4)cc3)n2)cc1. The van der Waals surface area contributed by atoms with E-state index in [1.54, 1.807) is 0 Å². The predicted molar refractivity (Wildman–Crippen MR) is 534 cm³/mol. The summed E-state index contributed by atoms with van der Waals surface area (Å²) in [6.45, 7) is 0. The van der Waals surface area contributed by atoms with Gasteiger partial charge in [0.25, 0.3) is 0 Å². The molecule has 0 saturated heterocycles. The fourth-order valence-corrected chi connectivity index (χ4v) is 17.0. The minimum atomic E-state index is 0.621. The quantitative estimate of drug-likeness (QED) is 0.0960. The molecule has 130 heavy (non-hydrogen) atoms. The number of pyridine rings is 6. The van der Waals surface area contributed by atoms with E-state index in [1.165, 1.54) is 21.9 Å². The lowest BCUT2D eigenvalue weighted by atomic mass is 9.96. The summed E-state index contributed by atoms with van der Waals surface area (Å²) < 4.78 is 0. The fourth-order valence-electron chi connectivity index (χ4n) is 17.0. The first-order valence-electron chi connectivity index (χ1n) is 43.4. The zero-order chi connectivity index (χ0) is 86.5. The van der Waals surface area contributed by atoms with Gasteiger partial charge in [0.15, 0.2) is 23.3 Å². The van der Waals surface area contributed by atoms with Crippen LogP contribution in [0.25, 0.3) is 234 Å². The molecule has 16 aromatic carbocycles. The highest BCUT2D eigenvalue weighted by Crippen LogP contribution is 2.40. The largest absolute Gasteiger partial charge is 0.254 e. The van der Waals surface area contributed by atoms with Crippen LogP contribution in [-0.2, 0) is 0 Å². The van der Waals surface area contributed by atoms with Crippen molar-refractivity contribution in [3.05, 3.63) is 467 Å². The average Bonchev–Trinajstić information content (AvgIpc) is 0.765. The fraction of sp³-hybridized carbons (Fsp3) is 0. The number of fused-ring (bicyclic) bond motifs is 10. The molecule has 24 aromatic rings. The second kappa shape index (κ2) is 35.2. The number of hydrogen-bond donors (Lipinski definition) is 0. The van der Waals surface area contributed by atoms with Crippen LogP contribution in [0.4, 0.5) is 0 Å². The van der Waals surface area contributed by atoms with Gasteiger partial charge in [0.2, 0.25) is 0 Å². The van der Waals surface area contributed by atoms with E-state index in [2.05, 4.69) is 315 Å². The van der Waals surface area contributed by atoms with Crippen LogP contribution in [0.5, 0.6) is 0 Å². The summed E-state index contributed by atoms with van der Waals surface area (Å²) in [6.07, 6.45) is 1.83. The molecule has 8 aromatic heterocycles. The topological polar surface area (TPSA) is 142 Å². The zero-order valence-electron chi connectivity index (χ0n) is 70.4. The van der Waals surface area contributed by atoms with E-state index in [1.807, 2.05) is 152 Å². The molecule has 0 aliphatic carbocycles. The number of benzene rings is 16. The molecular formula is C119H77N11. The van der Waals surface area contributed by atoms with Crippen molar-refractivity contribution in [2.75, 3.05) is 0 Å². The normalized spacial score (nSPS) is 11.2. The Bertz CT molecular complexity index is 8170. The van der Waals surface area contributed by atoms with Crippen molar-refractivity contribution in [1.82, 2.24) is 54.8 Å². The van der Waals surface area contributed by atoms with Gasteiger partial charge in [-0.2, -0.15) is 0 Å². The van der Waals surface area contributed by atoms with Crippen molar-refractivity contribution < 1.29 is 0 Å². The molecule has 8 heterocycles. The van der Waals surface area contributed by atoms with E-state index in [0.29, 0.717) is 23.3 Å². The Morgan fingerprint density at radius 3 is 0.877 bits per heavy atom. The molecule has 0 spiro atoms. The summed E-state index contributed by atoms with van der Waals surface area (Å²) >= 11 is 0. The van der Waals surface area contributed by atoms with E-state index in [4.69, 9.17) is 54.8 Å². The second-order valence-corrected chi connectivity index (χ2v) is 32.0. The Hall–Kier alpha value is -17.7. The summed E-state index contributed by atoms with van der Waals surface area (Å²) in [5.41, 5.74) is 30.1. The van der Waals surface area contributed by atoms with Crippen molar-refractivity contribution in [3.8, 4) is 158 Å². The summed E-state index contributed by atoms with van der Waals surface area (Å²) in [5.74, 6) is 2.61. The first kappa shape index (κ1) is 78.3. The van der Waals surface area contributed by atoms with Gasteiger partial charge in [-0.1, -0.05) is 413 Å². The van der Waals surface area contributed by atoms with Crippen molar-refractivity contribution in [2.24, 2.45) is 0 Å². The van der Waals surface area contributed by atoms with Crippen LogP contribution < -0.4 is 0 Å². The molecule has 0 aliphatic heterocycles. The monoisotopic (exact) mass is 1660 g/mol. The van der Waals surface area contributed by atoms with Crippen molar-refractivity contribution in [2.45, 2.75) is 0 Å². The highest BCUT2D eigenvalue weighted by molar-refractivity contribution is 6.10. The van der Waals surface area contributed by atoms with Gasteiger partial charge in [-0.3, -0.25) is 4.98 Å². The van der Waals surface area contributed by atoms with E-state index in [9.17, 15) is 0 Å². The number of nitrogens with zero attached hydrogens (tertiary/aromatic N) is 11. The maximum atomic E-state index is 5.17.